The number of hydrogen-bond acceptors (Lipinski definition) is 3. The van der Waals surface area contributed by atoms with Crippen LogP contribution in [0, 0.1) is 0 Å². The summed E-state index contributed by atoms with van der Waals surface area (Å²) in [6.07, 6.45) is 73.9. The minimum Gasteiger partial charge on any atom is -0.112 e. The molecule has 0 amide bonds. The van der Waals surface area contributed by atoms with E-state index in [1.807, 2.05) is 0 Å². The van der Waals surface area contributed by atoms with E-state index in [4.69, 9.17) is 0 Å². The fourth-order valence-corrected chi connectivity index (χ4v) is 18.5. The smallest absolute Gasteiger partial charge is 0.0729 e. The van der Waals surface area contributed by atoms with E-state index in [-0.39, 0.29) is 5.53 Å². The molecule has 0 saturated carbocycles. The van der Waals surface area contributed by atoms with Crippen LogP contribution in [0.25, 0.3) is 0 Å². The van der Waals surface area contributed by atoms with Crippen molar-refractivity contribution in [2.45, 2.75) is 290 Å². The molecule has 0 aliphatic heterocycles. The molecule has 0 unspecified atom stereocenters. The highest BCUT2D eigenvalue weighted by molar-refractivity contribution is 9.12. The van der Waals surface area contributed by atoms with Gasteiger partial charge in [0.25, 0.3) is 0 Å². The van der Waals surface area contributed by atoms with Crippen LogP contribution >= 0.6 is 39.7 Å². The molecular weight excluding hydrogens is 776 g/mol. The quantitative estimate of drug-likeness (QED) is 0.0339. The zero-order chi connectivity index (χ0) is 41.8. The lowest BCUT2D eigenvalue weighted by Crippen LogP contribution is -1.85. The molecule has 0 aliphatic rings. The van der Waals surface area contributed by atoms with Gasteiger partial charge in [-0.05, 0) is 114 Å². The van der Waals surface area contributed by atoms with Crippen LogP contribution in [0.3, 0.4) is 0 Å². The zero-order valence-electron chi connectivity index (χ0n) is 40.0. The molecule has 0 aliphatic carbocycles. The van der Waals surface area contributed by atoms with Crippen LogP contribution in [-0.4, -0.2) is 17.3 Å². The van der Waals surface area contributed by atoms with Gasteiger partial charge < -0.3 is 0 Å². The van der Waals surface area contributed by atoms with Gasteiger partial charge in [-0.1, -0.05) is 231 Å². The van der Waals surface area contributed by atoms with E-state index < -0.39 is 0 Å². The Hall–Kier alpha value is 0.700. The fraction of sp³-hybridized carbons (Fsp3) is 0.889. The maximum absolute atomic E-state index is 2.47. The highest BCUT2D eigenvalue weighted by Gasteiger charge is 2.10. The minimum absolute atomic E-state index is 0.0357. The lowest BCUT2D eigenvalue weighted by atomic mass is 10.1. The Kier molecular flexibility index (Phi) is 56.4. The first-order valence-electron chi connectivity index (χ1n) is 26.5. The van der Waals surface area contributed by atoms with Crippen LogP contribution in [0.5, 0.6) is 0 Å². The maximum atomic E-state index is 2.47. The lowest BCUT2D eigenvalue weighted by molar-refractivity contribution is 0.607. The SMILES string of the molecule is CCCCCCCC/C=C\CCCCCCCCSP(SCCCCCCCC/C=C\CCCCCCCC)SCCCCCCCC/C=C\CCCCCCCC. The first-order valence-corrected chi connectivity index (χ1v) is 32.6. The second-order valence-electron chi connectivity index (χ2n) is 17.5. The minimum atomic E-state index is 0.0357. The van der Waals surface area contributed by atoms with Gasteiger partial charge in [-0.3, -0.25) is 0 Å². The summed E-state index contributed by atoms with van der Waals surface area (Å²) in [7, 11) is 0. The van der Waals surface area contributed by atoms with Crippen LogP contribution in [0.15, 0.2) is 36.5 Å². The van der Waals surface area contributed by atoms with Crippen molar-refractivity contribution < 1.29 is 0 Å². The third-order valence-corrected chi connectivity index (χ3v) is 22.8. The number of allylic oxidation sites excluding steroid dienone is 6. The number of unbranched alkanes of at least 4 members (excludes halogenated alkanes) is 36. The summed E-state index contributed by atoms with van der Waals surface area (Å²) in [5.41, 5.74) is 0.0357. The predicted octanol–water partition coefficient (Wildman–Crippen LogP) is 22.5. The van der Waals surface area contributed by atoms with Crippen molar-refractivity contribution in [2.75, 3.05) is 17.3 Å². The van der Waals surface area contributed by atoms with Gasteiger partial charge in [-0.25, -0.2) is 0 Å². The van der Waals surface area contributed by atoms with E-state index in [1.54, 1.807) is 0 Å². The molecule has 0 aromatic carbocycles. The molecular formula is C54H105PS3. The lowest BCUT2D eigenvalue weighted by Gasteiger charge is -2.15. The summed E-state index contributed by atoms with van der Waals surface area (Å²) in [6.45, 7) is 6.92. The molecule has 0 N–H and O–H groups in total. The van der Waals surface area contributed by atoms with Crippen molar-refractivity contribution in [1.29, 1.82) is 0 Å². The van der Waals surface area contributed by atoms with Gasteiger partial charge in [0.15, 0.2) is 0 Å². The molecule has 0 radical (unpaired) electrons. The molecule has 0 aromatic heterocycles. The highest BCUT2D eigenvalue weighted by atomic mass is 33.4. The molecule has 4 heteroatoms. The topological polar surface area (TPSA) is 0 Å². The number of hydrogen-bond donors (Lipinski definition) is 0. The van der Waals surface area contributed by atoms with Crippen LogP contribution in [0.2, 0.25) is 0 Å². The summed E-state index contributed by atoms with van der Waals surface area (Å²) in [5.74, 6) is 4.19. The van der Waals surface area contributed by atoms with Gasteiger partial charge in [0.2, 0.25) is 0 Å². The molecule has 0 fully saturated rings. The first-order chi connectivity index (χ1) is 28.8. The summed E-state index contributed by atoms with van der Waals surface area (Å²) in [6, 6.07) is 0. The van der Waals surface area contributed by atoms with E-state index in [9.17, 15) is 0 Å². The van der Waals surface area contributed by atoms with E-state index in [0.717, 1.165) is 0 Å². The summed E-state index contributed by atoms with van der Waals surface area (Å²) < 4.78 is 0. The van der Waals surface area contributed by atoms with Gasteiger partial charge in [0, 0.05) is 0 Å². The van der Waals surface area contributed by atoms with Crippen LogP contribution < -0.4 is 0 Å². The Balaban J connectivity index is 4.05. The molecule has 0 nitrogen and oxygen atoms in total. The monoisotopic (exact) mass is 881 g/mol. The average molecular weight is 882 g/mol. The van der Waals surface area contributed by atoms with Crippen molar-refractivity contribution >= 4 is 39.7 Å². The molecule has 0 atom stereocenters. The standard InChI is InChI=1S/C54H105PS3/c1-4-7-10-13-16-19-22-25-28-31-34-37-40-43-46-49-52-56-55(57-53-50-47-44-41-38-35-32-29-26-23-20-17-14-11-8-5-2)58-54-51-48-45-42-39-36-33-30-27-24-21-18-15-12-9-6-3/h25-30H,4-24,31-54H2,1-3H3/b28-25-,29-26-,30-27-. The van der Waals surface area contributed by atoms with Crippen LogP contribution in [0.4, 0.5) is 0 Å². The van der Waals surface area contributed by atoms with Gasteiger partial charge >= 0.3 is 0 Å². The highest BCUT2D eigenvalue weighted by Crippen LogP contribution is 2.70. The van der Waals surface area contributed by atoms with Crippen LogP contribution in [0.1, 0.15) is 290 Å². The van der Waals surface area contributed by atoms with Gasteiger partial charge in [0.05, 0.1) is 5.53 Å². The second-order valence-corrected chi connectivity index (χ2v) is 27.7. The van der Waals surface area contributed by atoms with Gasteiger partial charge in [-0.15, -0.1) is 34.1 Å². The maximum Gasteiger partial charge on any atom is 0.0729 e. The summed E-state index contributed by atoms with van der Waals surface area (Å²) in [5, 5.41) is 0. The third-order valence-electron chi connectivity index (χ3n) is 11.6. The van der Waals surface area contributed by atoms with Crippen molar-refractivity contribution in [1.82, 2.24) is 0 Å². The fourth-order valence-electron chi connectivity index (χ4n) is 7.58. The van der Waals surface area contributed by atoms with Gasteiger partial charge in [-0.2, -0.15) is 0 Å². The third kappa shape index (κ3) is 52.8. The first kappa shape index (κ1) is 58.7. The molecule has 0 heterocycles. The van der Waals surface area contributed by atoms with Crippen molar-refractivity contribution in [3.8, 4) is 0 Å². The van der Waals surface area contributed by atoms with E-state index in [1.165, 1.54) is 287 Å². The van der Waals surface area contributed by atoms with E-state index >= 15 is 0 Å². The Labute approximate surface area is 381 Å². The molecule has 0 rings (SSSR count). The van der Waals surface area contributed by atoms with Crippen LogP contribution in [-0.2, 0) is 0 Å². The molecule has 0 aromatic rings. The Morgan fingerprint density at radius 1 is 0.224 bits per heavy atom. The Bertz CT molecular complexity index is 705. The molecule has 0 spiro atoms. The van der Waals surface area contributed by atoms with Gasteiger partial charge in [0.1, 0.15) is 0 Å². The van der Waals surface area contributed by atoms with Crippen molar-refractivity contribution in [3.05, 3.63) is 36.5 Å². The predicted molar refractivity (Wildman–Crippen MR) is 283 cm³/mol. The number of rotatable bonds is 51. The molecule has 0 saturated heterocycles. The Morgan fingerprint density at radius 3 is 0.603 bits per heavy atom. The molecule has 344 valence electrons. The largest absolute Gasteiger partial charge is 0.112 e. The Morgan fingerprint density at radius 2 is 0.397 bits per heavy atom. The van der Waals surface area contributed by atoms with E-state index in [2.05, 4.69) is 91.4 Å². The summed E-state index contributed by atoms with van der Waals surface area (Å²) in [4.78, 5) is 0. The zero-order valence-corrected chi connectivity index (χ0v) is 43.3. The normalized spacial score (nSPS) is 12.2. The summed E-state index contributed by atoms with van der Waals surface area (Å²) >= 11 is 7.06. The molecule has 0 bridgehead atoms. The second kappa shape index (κ2) is 55.7. The van der Waals surface area contributed by atoms with Crippen molar-refractivity contribution in [3.63, 3.8) is 0 Å². The van der Waals surface area contributed by atoms with E-state index in [0.29, 0.717) is 0 Å². The molecule has 58 heavy (non-hydrogen) atoms. The average Bonchev–Trinajstić information content (AvgIpc) is 3.23. The van der Waals surface area contributed by atoms with Crippen molar-refractivity contribution in [2.24, 2.45) is 0 Å².